The molecule has 19 heavy (non-hydrogen) atoms. The first kappa shape index (κ1) is 13.6. The largest absolute Gasteiger partial charge is 0.467 e. The number of nitrogens with one attached hydrogen (secondary N) is 1. The summed E-state index contributed by atoms with van der Waals surface area (Å²) >= 11 is 3.24. The number of aliphatic hydroxyl groups excluding tert-OH is 1. The highest BCUT2D eigenvalue weighted by Crippen LogP contribution is 2.27. The van der Waals surface area contributed by atoms with Crippen molar-refractivity contribution in [1.29, 1.82) is 0 Å². The van der Waals surface area contributed by atoms with Gasteiger partial charge in [0.15, 0.2) is 0 Å². The molecule has 0 saturated carbocycles. The lowest BCUT2D eigenvalue weighted by Gasteiger charge is -2.11. The van der Waals surface area contributed by atoms with Crippen molar-refractivity contribution in [3.63, 3.8) is 0 Å². The molecule has 7 heteroatoms. The average Bonchev–Trinajstić information content (AvgIpc) is 2.90. The number of anilines is 1. The van der Waals surface area contributed by atoms with Crippen molar-refractivity contribution in [2.45, 2.75) is 6.10 Å². The molecule has 0 bridgehead atoms. The fourth-order valence-corrected chi connectivity index (χ4v) is 2.06. The van der Waals surface area contributed by atoms with Crippen LogP contribution in [-0.2, 0) is 0 Å². The highest BCUT2D eigenvalue weighted by molar-refractivity contribution is 9.10. The van der Waals surface area contributed by atoms with E-state index < -0.39 is 11.0 Å². The Balaban J connectivity index is 2.02. The van der Waals surface area contributed by atoms with Gasteiger partial charge in [0.1, 0.15) is 11.9 Å². The van der Waals surface area contributed by atoms with Crippen molar-refractivity contribution in [2.24, 2.45) is 0 Å². The van der Waals surface area contributed by atoms with Gasteiger partial charge in [0.25, 0.3) is 5.69 Å². The molecule has 0 amide bonds. The summed E-state index contributed by atoms with van der Waals surface area (Å²) in [5.41, 5.74) is 0.667. The van der Waals surface area contributed by atoms with Gasteiger partial charge >= 0.3 is 0 Å². The minimum Gasteiger partial charge on any atom is -0.467 e. The van der Waals surface area contributed by atoms with E-state index in [1.807, 2.05) is 0 Å². The number of hydrogen-bond donors (Lipinski definition) is 2. The van der Waals surface area contributed by atoms with Crippen LogP contribution in [0, 0.1) is 10.1 Å². The molecule has 1 aromatic heterocycles. The number of nitrogens with zero attached hydrogens (tertiary/aromatic N) is 1. The average molecular weight is 327 g/mol. The summed E-state index contributed by atoms with van der Waals surface area (Å²) in [6.45, 7) is 0.240. The summed E-state index contributed by atoms with van der Waals surface area (Å²) < 4.78 is 5.64. The Kier molecular flexibility index (Phi) is 4.18. The van der Waals surface area contributed by atoms with Gasteiger partial charge in [-0.15, -0.1) is 0 Å². The molecule has 1 heterocycles. The standard InChI is InChI=1S/C12H11BrN2O4/c13-9-6-8(15(17)18)3-4-10(9)14-7-11(16)12-2-1-5-19-12/h1-6,11,14,16H,7H2. The topological polar surface area (TPSA) is 88.5 Å². The monoisotopic (exact) mass is 326 g/mol. The van der Waals surface area contributed by atoms with E-state index in [1.54, 1.807) is 18.2 Å². The van der Waals surface area contributed by atoms with Crippen molar-refractivity contribution < 1.29 is 14.4 Å². The third-order valence-electron chi connectivity index (χ3n) is 2.52. The van der Waals surface area contributed by atoms with Gasteiger partial charge in [0, 0.05) is 28.8 Å². The number of halogens is 1. The number of nitro groups is 1. The lowest BCUT2D eigenvalue weighted by atomic mass is 10.2. The number of nitro benzene ring substituents is 1. The zero-order valence-electron chi connectivity index (χ0n) is 9.75. The minimum atomic E-state index is -0.780. The van der Waals surface area contributed by atoms with E-state index in [0.29, 0.717) is 15.9 Å². The third kappa shape index (κ3) is 3.33. The Hall–Kier alpha value is -1.86. The fourth-order valence-electron chi connectivity index (χ4n) is 1.55. The predicted molar refractivity (Wildman–Crippen MR) is 73.0 cm³/mol. The highest BCUT2D eigenvalue weighted by atomic mass is 79.9. The maximum atomic E-state index is 10.6. The Bertz CT molecular complexity index is 571. The number of aliphatic hydroxyl groups is 1. The van der Waals surface area contributed by atoms with Gasteiger partial charge in [-0.25, -0.2) is 0 Å². The van der Waals surface area contributed by atoms with Crippen molar-refractivity contribution >= 4 is 27.3 Å². The van der Waals surface area contributed by atoms with Crippen LogP contribution in [0.4, 0.5) is 11.4 Å². The number of hydrogen-bond acceptors (Lipinski definition) is 5. The molecule has 1 atom stereocenters. The van der Waals surface area contributed by atoms with Crippen LogP contribution < -0.4 is 5.32 Å². The Morgan fingerprint density at radius 3 is 2.84 bits per heavy atom. The molecule has 0 fully saturated rings. The van der Waals surface area contributed by atoms with Gasteiger partial charge in [-0.05, 0) is 34.1 Å². The molecule has 0 radical (unpaired) electrons. The zero-order valence-corrected chi connectivity index (χ0v) is 11.3. The molecule has 2 aromatic rings. The van der Waals surface area contributed by atoms with Gasteiger partial charge in [0.2, 0.25) is 0 Å². The van der Waals surface area contributed by atoms with Gasteiger partial charge in [-0.3, -0.25) is 10.1 Å². The van der Waals surface area contributed by atoms with Crippen molar-refractivity contribution in [1.82, 2.24) is 0 Å². The van der Waals surface area contributed by atoms with Crippen LogP contribution in [0.5, 0.6) is 0 Å². The Labute approximate surface area is 117 Å². The lowest BCUT2D eigenvalue weighted by molar-refractivity contribution is -0.384. The van der Waals surface area contributed by atoms with Crippen molar-refractivity contribution in [3.05, 3.63) is 56.9 Å². The lowest BCUT2D eigenvalue weighted by Crippen LogP contribution is -2.11. The van der Waals surface area contributed by atoms with Crippen molar-refractivity contribution in [3.8, 4) is 0 Å². The predicted octanol–water partition coefficient (Wildman–Crippen LogP) is 3.10. The van der Waals surface area contributed by atoms with Gasteiger partial charge in [0.05, 0.1) is 11.2 Å². The summed E-state index contributed by atoms with van der Waals surface area (Å²) in [4.78, 5) is 10.1. The third-order valence-corrected chi connectivity index (χ3v) is 3.18. The molecule has 0 saturated heterocycles. The molecular weight excluding hydrogens is 316 g/mol. The van der Waals surface area contributed by atoms with Crippen molar-refractivity contribution in [2.75, 3.05) is 11.9 Å². The fraction of sp³-hybridized carbons (Fsp3) is 0.167. The number of furan rings is 1. The van der Waals surface area contributed by atoms with Gasteiger partial charge in [-0.2, -0.15) is 0 Å². The van der Waals surface area contributed by atoms with Crippen LogP contribution in [0.2, 0.25) is 0 Å². The molecule has 100 valence electrons. The number of rotatable bonds is 5. The maximum Gasteiger partial charge on any atom is 0.270 e. The molecule has 0 aliphatic rings. The first-order chi connectivity index (χ1) is 9.08. The summed E-state index contributed by atoms with van der Waals surface area (Å²) in [6, 6.07) is 7.75. The molecule has 2 N–H and O–H groups in total. The van der Waals surface area contributed by atoms with Gasteiger partial charge < -0.3 is 14.8 Å². The second-order valence-corrected chi connectivity index (χ2v) is 4.69. The van der Waals surface area contributed by atoms with E-state index in [1.165, 1.54) is 18.4 Å². The SMILES string of the molecule is O=[N+]([O-])c1ccc(NCC(O)c2ccco2)c(Br)c1. The normalized spacial score (nSPS) is 12.1. The Morgan fingerprint density at radius 2 is 2.26 bits per heavy atom. The van der Waals surface area contributed by atoms with Crippen LogP contribution in [-0.4, -0.2) is 16.6 Å². The van der Waals surface area contributed by atoms with E-state index in [-0.39, 0.29) is 12.2 Å². The van der Waals surface area contributed by atoms with E-state index in [9.17, 15) is 15.2 Å². The molecule has 1 unspecified atom stereocenters. The van der Waals surface area contributed by atoms with Gasteiger partial charge in [-0.1, -0.05) is 0 Å². The van der Waals surface area contributed by atoms with E-state index in [0.717, 1.165) is 0 Å². The molecule has 0 spiro atoms. The van der Waals surface area contributed by atoms with Crippen LogP contribution in [0.15, 0.2) is 45.5 Å². The summed E-state index contributed by atoms with van der Waals surface area (Å²) in [7, 11) is 0. The number of benzene rings is 1. The maximum absolute atomic E-state index is 10.6. The number of non-ortho nitro benzene ring substituents is 1. The second-order valence-electron chi connectivity index (χ2n) is 3.83. The molecule has 2 rings (SSSR count). The summed E-state index contributed by atoms with van der Waals surface area (Å²) in [6.07, 6.45) is 0.706. The molecule has 1 aromatic carbocycles. The molecule has 6 nitrogen and oxygen atoms in total. The van der Waals surface area contributed by atoms with Crippen LogP contribution in [0.3, 0.4) is 0 Å². The molecule has 0 aliphatic carbocycles. The Morgan fingerprint density at radius 1 is 1.47 bits per heavy atom. The smallest absolute Gasteiger partial charge is 0.270 e. The molecule has 0 aliphatic heterocycles. The second kappa shape index (κ2) is 5.85. The minimum absolute atomic E-state index is 0.00371. The van der Waals surface area contributed by atoms with Crippen LogP contribution >= 0.6 is 15.9 Å². The first-order valence-corrected chi connectivity index (χ1v) is 6.26. The van der Waals surface area contributed by atoms with E-state index >= 15 is 0 Å². The van der Waals surface area contributed by atoms with E-state index in [2.05, 4.69) is 21.2 Å². The first-order valence-electron chi connectivity index (χ1n) is 5.47. The molecular formula is C12H11BrN2O4. The quantitative estimate of drug-likeness (QED) is 0.651. The summed E-state index contributed by atoms with van der Waals surface area (Å²) in [5, 5.41) is 23.4. The van der Waals surface area contributed by atoms with Crippen LogP contribution in [0.25, 0.3) is 0 Å². The van der Waals surface area contributed by atoms with Crippen LogP contribution in [0.1, 0.15) is 11.9 Å². The van der Waals surface area contributed by atoms with E-state index in [4.69, 9.17) is 4.42 Å². The zero-order chi connectivity index (χ0) is 13.8. The highest BCUT2D eigenvalue weighted by Gasteiger charge is 2.12. The summed E-state index contributed by atoms with van der Waals surface area (Å²) in [5.74, 6) is 0.463.